The molecule has 0 amide bonds. The van der Waals surface area contributed by atoms with Gasteiger partial charge in [-0.1, -0.05) is 35.3 Å². The molecule has 0 radical (unpaired) electrons. The van der Waals surface area contributed by atoms with E-state index in [1.807, 2.05) is 0 Å². The summed E-state index contributed by atoms with van der Waals surface area (Å²) in [5, 5.41) is 9.91. The Morgan fingerprint density at radius 1 is 1.17 bits per heavy atom. The van der Waals surface area contributed by atoms with Gasteiger partial charge in [-0.2, -0.15) is 5.26 Å². The molecule has 0 heterocycles. The Morgan fingerprint density at radius 2 is 1.97 bits per heavy atom. The van der Waals surface area contributed by atoms with Crippen molar-refractivity contribution in [3.63, 3.8) is 0 Å². The van der Waals surface area contributed by atoms with Crippen molar-refractivity contribution in [3.05, 3.63) is 63.6 Å². The molecule has 0 fully saturated rings. The number of halogens is 2. The number of rotatable bonds is 8. The highest BCUT2D eigenvalue weighted by Gasteiger charge is 2.10. The predicted molar refractivity (Wildman–Crippen MR) is 109 cm³/mol. The van der Waals surface area contributed by atoms with Crippen molar-refractivity contribution in [2.24, 2.45) is 0 Å². The number of esters is 2. The van der Waals surface area contributed by atoms with E-state index in [4.69, 9.17) is 37.9 Å². The maximum absolute atomic E-state index is 12.0. The molecule has 2 aromatic carbocycles. The van der Waals surface area contributed by atoms with Gasteiger partial charge in [0.05, 0.1) is 18.7 Å². The first kappa shape index (κ1) is 22.3. The molecule has 0 unspecified atom stereocenters. The standard InChI is InChI=1S/C21H17Cl2NO5/c1-27-21(26)15(13-24)10-14-4-2-5-17(11-14)29-20(25)6-3-9-28-19-8-7-16(22)12-18(19)23/h2,4-5,7-8,10-12H,3,6,9H2,1H3/b15-10+. The van der Waals surface area contributed by atoms with Crippen molar-refractivity contribution in [2.45, 2.75) is 12.8 Å². The van der Waals surface area contributed by atoms with E-state index in [0.29, 0.717) is 33.5 Å². The SMILES string of the molecule is COC(=O)/C(C#N)=C/c1cccc(OC(=O)CCCOc2ccc(Cl)cc2Cl)c1. The molecule has 0 saturated heterocycles. The van der Waals surface area contributed by atoms with Crippen LogP contribution in [0.5, 0.6) is 11.5 Å². The number of benzene rings is 2. The van der Waals surface area contributed by atoms with Crippen molar-refractivity contribution in [3.8, 4) is 17.6 Å². The lowest BCUT2D eigenvalue weighted by Gasteiger charge is -2.08. The highest BCUT2D eigenvalue weighted by molar-refractivity contribution is 6.35. The molecule has 29 heavy (non-hydrogen) atoms. The van der Waals surface area contributed by atoms with Crippen LogP contribution in [0.1, 0.15) is 18.4 Å². The third-order valence-corrected chi connectivity index (χ3v) is 4.13. The highest BCUT2D eigenvalue weighted by Crippen LogP contribution is 2.27. The number of hydrogen-bond donors (Lipinski definition) is 0. The third kappa shape index (κ3) is 7.15. The fraction of sp³-hybridized carbons (Fsp3) is 0.190. The minimum absolute atomic E-state index is 0.136. The Balaban J connectivity index is 1.87. The summed E-state index contributed by atoms with van der Waals surface area (Å²) in [7, 11) is 1.19. The zero-order chi connectivity index (χ0) is 21.2. The second-order valence-corrected chi connectivity index (χ2v) is 6.58. The summed E-state index contributed by atoms with van der Waals surface area (Å²) in [5.41, 5.74) is 0.368. The zero-order valence-electron chi connectivity index (χ0n) is 15.5. The fourth-order valence-corrected chi connectivity index (χ4v) is 2.72. The average Bonchev–Trinajstić information content (AvgIpc) is 2.70. The summed E-state index contributed by atoms with van der Waals surface area (Å²) in [4.78, 5) is 23.5. The summed E-state index contributed by atoms with van der Waals surface area (Å²) in [6.07, 6.45) is 1.92. The van der Waals surface area contributed by atoms with E-state index in [2.05, 4.69) is 4.74 Å². The Hall–Kier alpha value is -3.01. The number of carbonyl (C=O) groups excluding carboxylic acids is 2. The second-order valence-electron chi connectivity index (χ2n) is 5.73. The van der Waals surface area contributed by atoms with Crippen molar-refractivity contribution in [2.75, 3.05) is 13.7 Å². The minimum Gasteiger partial charge on any atom is -0.492 e. The van der Waals surface area contributed by atoms with Gasteiger partial charge in [0.2, 0.25) is 0 Å². The fourth-order valence-electron chi connectivity index (χ4n) is 2.25. The van der Waals surface area contributed by atoms with E-state index in [1.165, 1.54) is 13.2 Å². The summed E-state index contributed by atoms with van der Waals surface area (Å²) < 4.78 is 15.3. The van der Waals surface area contributed by atoms with E-state index in [9.17, 15) is 9.59 Å². The van der Waals surface area contributed by atoms with Gasteiger partial charge in [0.25, 0.3) is 0 Å². The first-order valence-corrected chi connectivity index (χ1v) is 9.27. The quantitative estimate of drug-likeness (QED) is 0.194. The number of methoxy groups -OCH3 is 1. The van der Waals surface area contributed by atoms with Gasteiger partial charge < -0.3 is 14.2 Å². The molecule has 0 aromatic heterocycles. The van der Waals surface area contributed by atoms with Crippen molar-refractivity contribution >= 4 is 41.2 Å². The van der Waals surface area contributed by atoms with Gasteiger partial charge in [-0.05, 0) is 48.4 Å². The monoisotopic (exact) mass is 433 g/mol. The van der Waals surface area contributed by atoms with Crippen molar-refractivity contribution in [1.82, 2.24) is 0 Å². The van der Waals surface area contributed by atoms with Gasteiger partial charge in [-0.25, -0.2) is 4.79 Å². The molecule has 0 N–H and O–H groups in total. The van der Waals surface area contributed by atoms with E-state index in [1.54, 1.807) is 48.5 Å². The molecule has 150 valence electrons. The molecule has 0 saturated carbocycles. The first-order chi connectivity index (χ1) is 13.9. The molecule has 2 aromatic rings. The minimum atomic E-state index is -0.740. The largest absolute Gasteiger partial charge is 0.492 e. The lowest BCUT2D eigenvalue weighted by atomic mass is 10.1. The van der Waals surface area contributed by atoms with E-state index < -0.39 is 11.9 Å². The highest BCUT2D eigenvalue weighted by atomic mass is 35.5. The summed E-state index contributed by atoms with van der Waals surface area (Å²) >= 11 is 11.8. The van der Waals surface area contributed by atoms with Crippen LogP contribution >= 0.6 is 23.2 Å². The van der Waals surface area contributed by atoms with Crippen LogP contribution in [0.2, 0.25) is 10.0 Å². The van der Waals surface area contributed by atoms with Crippen LogP contribution in [0.15, 0.2) is 48.0 Å². The van der Waals surface area contributed by atoms with E-state index in [-0.39, 0.29) is 18.6 Å². The van der Waals surface area contributed by atoms with Crippen molar-refractivity contribution in [1.29, 1.82) is 5.26 Å². The van der Waals surface area contributed by atoms with Gasteiger partial charge in [-0.15, -0.1) is 0 Å². The zero-order valence-corrected chi connectivity index (χ0v) is 17.0. The van der Waals surface area contributed by atoms with Crippen LogP contribution in [-0.2, 0) is 14.3 Å². The van der Waals surface area contributed by atoms with Crippen molar-refractivity contribution < 1.29 is 23.8 Å². The third-order valence-electron chi connectivity index (χ3n) is 3.60. The molecular formula is C21H17Cl2NO5. The number of nitriles is 1. The Kier molecular flexibility index (Phi) is 8.53. The molecular weight excluding hydrogens is 417 g/mol. The van der Waals surface area contributed by atoms with Crippen LogP contribution in [0.25, 0.3) is 6.08 Å². The van der Waals surface area contributed by atoms with Crippen LogP contribution in [-0.4, -0.2) is 25.7 Å². The van der Waals surface area contributed by atoms with Gasteiger partial charge in [-0.3, -0.25) is 4.79 Å². The lowest BCUT2D eigenvalue weighted by molar-refractivity contribution is -0.136. The maximum Gasteiger partial charge on any atom is 0.348 e. The Bertz CT molecular complexity index is 966. The predicted octanol–water partition coefficient (Wildman–Crippen LogP) is 4.84. The smallest absolute Gasteiger partial charge is 0.348 e. The summed E-state index contributed by atoms with van der Waals surface area (Å²) in [5.74, 6) is -0.392. The molecule has 8 heteroatoms. The number of nitrogens with zero attached hydrogens (tertiary/aromatic N) is 1. The number of ether oxygens (including phenoxy) is 3. The molecule has 0 aliphatic rings. The van der Waals surface area contributed by atoms with Gasteiger partial charge in [0.15, 0.2) is 0 Å². The first-order valence-electron chi connectivity index (χ1n) is 8.51. The molecule has 0 bridgehead atoms. The second kappa shape index (κ2) is 11.1. The molecule has 0 atom stereocenters. The summed E-state index contributed by atoms with van der Waals surface area (Å²) in [6, 6.07) is 13.1. The molecule has 0 aliphatic heterocycles. The van der Waals surface area contributed by atoms with E-state index >= 15 is 0 Å². The molecule has 0 spiro atoms. The van der Waals surface area contributed by atoms with Crippen LogP contribution < -0.4 is 9.47 Å². The molecule has 0 aliphatic carbocycles. The molecule has 2 rings (SSSR count). The van der Waals surface area contributed by atoms with Gasteiger partial charge in [0, 0.05) is 11.4 Å². The van der Waals surface area contributed by atoms with Crippen LogP contribution in [0.4, 0.5) is 0 Å². The summed E-state index contributed by atoms with van der Waals surface area (Å²) in [6.45, 7) is 0.282. The number of carbonyl (C=O) groups is 2. The maximum atomic E-state index is 12.0. The van der Waals surface area contributed by atoms with Crippen LogP contribution in [0, 0.1) is 11.3 Å². The average molecular weight is 434 g/mol. The Morgan fingerprint density at radius 3 is 2.66 bits per heavy atom. The normalized spacial score (nSPS) is 10.8. The van der Waals surface area contributed by atoms with Gasteiger partial charge >= 0.3 is 11.9 Å². The van der Waals surface area contributed by atoms with Crippen LogP contribution in [0.3, 0.4) is 0 Å². The Labute approximate surface area is 178 Å². The van der Waals surface area contributed by atoms with E-state index in [0.717, 1.165) is 0 Å². The van der Waals surface area contributed by atoms with Gasteiger partial charge in [0.1, 0.15) is 23.1 Å². The lowest BCUT2D eigenvalue weighted by Crippen LogP contribution is -2.10. The topological polar surface area (TPSA) is 85.6 Å². The number of hydrogen-bond acceptors (Lipinski definition) is 6. The molecule has 6 nitrogen and oxygen atoms in total.